The second kappa shape index (κ2) is 16.0. The molecule has 33 heavy (non-hydrogen) atoms. The fraction of sp³-hybridized carbons (Fsp3) is 0. The van der Waals surface area contributed by atoms with Crippen molar-refractivity contribution in [3.63, 3.8) is 0 Å². The second-order valence-corrected chi connectivity index (χ2v) is 6.44. The minimum atomic E-state index is -0.422. The van der Waals surface area contributed by atoms with Crippen molar-refractivity contribution < 1.29 is 14.4 Å². The first-order valence-electron chi connectivity index (χ1n) is 9.94. The molecule has 6 nitrogen and oxygen atoms in total. The third-order valence-electron chi connectivity index (χ3n) is 3.72. The number of hydrogen-bond acceptors (Lipinski definition) is 3. The lowest BCUT2D eigenvalue weighted by molar-refractivity contribution is -0.114. The molecule has 0 fully saturated rings. The maximum absolute atomic E-state index is 10.3. The largest absolute Gasteiger partial charge is 0.366 e. The number of amides is 3. The fourth-order valence-corrected chi connectivity index (χ4v) is 2.23. The van der Waals surface area contributed by atoms with Gasteiger partial charge >= 0.3 is 0 Å². The highest BCUT2D eigenvalue weighted by atomic mass is 16.1. The molecule has 0 aromatic heterocycles. The van der Waals surface area contributed by atoms with E-state index in [1.807, 2.05) is 91.0 Å². The van der Waals surface area contributed by atoms with Crippen LogP contribution in [0.2, 0.25) is 0 Å². The zero-order chi connectivity index (χ0) is 24.3. The number of nitrogens with two attached hydrogens (primary N) is 3. The minimum Gasteiger partial charge on any atom is -0.366 e. The first-order chi connectivity index (χ1) is 15.9. The van der Waals surface area contributed by atoms with Crippen LogP contribution in [0.5, 0.6) is 0 Å². The Balaban J connectivity index is 0.000000247. The van der Waals surface area contributed by atoms with E-state index in [0.717, 1.165) is 16.7 Å². The molecule has 168 valence electrons. The minimum absolute atomic E-state index is 0.422. The van der Waals surface area contributed by atoms with Gasteiger partial charge in [-0.05, 0) is 34.9 Å². The third kappa shape index (κ3) is 14.8. The van der Waals surface area contributed by atoms with Crippen LogP contribution < -0.4 is 17.2 Å². The molecule has 0 unspecified atom stereocenters. The van der Waals surface area contributed by atoms with Crippen molar-refractivity contribution in [3.8, 4) is 0 Å². The Hall–Kier alpha value is -4.71. The molecular formula is C27H27N3O3. The predicted octanol–water partition coefficient (Wildman–Crippen LogP) is 3.56. The summed E-state index contributed by atoms with van der Waals surface area (Å²) in [4.78, 5) is 30.9. The van der Waals surface area contributed by atoms with Gasteiger partial charge in [0.25, 0.3) is 0 Å². The van der Waals surface area contributed by atoms with E-state index in [9.17, 15) is 14.4 Å². The first-order valence-corrected chi connectivity index (χ1v) is 9.94. The van der Waals surface area contributed by atoms with Crippen molar-refractivity contribution in [1.29, 1.82) is 0 Å². The molecule has 0 saturated heterocycles. The van der Waals surface area contributed by atoms with E-state index in [0.29, 0.717) is 0 Å². The molecule has 0 aliphatic rings. The molecular weight excluding hydrogens is 414 g/mol. The van der Waals surface area contributed by atoms with E-state index in [1.54, 1.807) is 18.2 Å². The molecule has 3 amide bonds. The molecule has 0 atom stereocenters. The zero-order valence-electron chi connectivity index (χ0n) is 18.1. The van der Waals surface area contributed by atoms with E-state index in [1.165, 1.54) is 18.2 Å². The Morgan fingerprint density at radius 2 is 0.636 bits per heavy atom. The Bertz CT molecular complexity index is 934. The molecule has 6 N–H and O–H groups in total. The maximum atomic E-state index is 10.3. The quantitative estimate of drug-likeness (QED) is 0.506. The summed E-state index contributed by atoms with van der Waals surface area (Å²) in [6.07, 6.45) is 9.08. The van der Waals surface area contributed by atoms with Gasteiger partial charge in [-0.25, -0.2) is 0 Å². The van der Waals surface area contributed by atoms with E-state index in [2.05, 4.69) is 0 Å². The maximum Gasteiger partial charge on any atom is 0.241 e. The lowest BCUT2D eigenvalue weighted by atomic mass is 10.2. The molecule has 3 rings (SSSR count). The van der Waals surface area contributed by atoms with Gasteiger partial charge in [-0.1, -0.05) is 91.0 Å². The average Bonchev–Trinajstić information content (AvgIpc) is 2.83. The van der Waals surface area contributed by atoms with Crippen LogP contribution in [0.25, 0.3) is 18.2 Å². The highest BCUT2D eigenvalue weighted by molar-refractivity contribution is 5.91. The Morgan fingerprint density at radius 3 is 0.818 bits per heavy atom. The first kappa shape index (κ1) is 26.3. The Morgan fingerprint density at radius 1 is 0.424 bits per heavy atom. The summed E-state index contributed by atoms with van der Waals surface area (Å²) in [5.41, 5.74) is 17.7. The molecule has 0 radical (unpaired) electrons. The molecule has 0 heterocycles. The van der Waals surface area contributed by atoms with E-state index in [4.69, 9.17) is 17.2 Å². The van der Waals surface area contributed by atoms with E-state index < -0.39 is 17.7 Å². The summed E-state index contributed by atoms with van der Waals surface area (Å²) in [5.74, 6) is -1.27. The van der Waals surface area contributed by atoms with Crippen molar-refractivity contribution in [3.05, 3.63) is 126 Å². The van der Waals surface area contributed by atoms with Crippen LogP contribution in [0.15, 0.2) is 109 Å². The highest BCUT2D eigenvalue weighted by Crippen LogP contribution is 2.01. The Kier molecular flexibility index (Phi) is 12.8. The molecule has 0 aliphatic carbocycles. The van der Waals surface area contributed by atoms with Gasteiger partial charge in [-0.15, -0.1) is 0 Å². The van der Waals surface area contributed by atoms with Gasteiger partial charge < -0.3 is 17.2 Å². The topological polar surface area (TPSA) is 129 Å². The number of primary amides is 3. The Labute approximate surface area is 193 Å². The molecule has 6 heteroatoms. The van der Waals surface area contributed by atoms with Gasteiger partial charge in [0.1, 0.15) is 0 Å². The van der Waals surface area contributed by atoms with Crippen molar-refractivity contribution in [2.45, 2.75) is 0 Å². The monoisotopic (exact) mass is 441 g/mol. The summed E-state index contributed by atoms with van der Waals surface area (Å²) >= 11 is 0. The number of rotatable bonds is 6. The standard InChI is InChI=1S/3C9H9NO/c3*10-9(11)7-6-8-4-2-1-3-5-8/h3*1-7H,(H2,10,11)/b3*7-6+. The second-order valence-electron chi connectivity index (χ2n) is 6.44. The summed E-state index contributed by atoms with van der Waals surface area (Å²) in [6.45, 7) is 0. The lowest BCUT2D eigenvalue weighted by Crippen LogP contribution is -2.04. The van der Waals surface area contributed by atoms with Gasteiger partial charge in [0.15, 0.2) is 0 Å². The van der Waals surface area contributed by atoms with Crippen LogP contribution in [0.3, 0.4) is 0 Å². The smallest absolute Gasteiger partial charge is 0.241 e. The number of hydrogen-bond donors (Lipinski definition) is 3. The normalized spacial score (nSPS) is 10.2. The van der Waals surface area contributed by atoms with Gasteiger partial charge in [0, 0.05) is 18.2 Å². The van der Waals surface area contributed by atoms with Crippen LogP contribution in [0.1, 0.15) is 16.7 Å². The zero-order valence-corrected chi connectivity index (χ0v) is 18.1. The summed E-state index contributed by atoms with van der Waals surface area (Å²) < 4.78 is 0. The highest BCUT2D eigenvalue weighted by Gasteiger charge is 1.86. The molecule has 0 spiro atoms. The fourth-order valence-electron chi connectivity index (χ4n) is 2.23. The van der Waals surface area contributed by atoms with Gasteiger partial charge in [0.2, 0.25) is 17.7 Å². The van der Waals surface area contributed by atoms with Crippen molar-refractivity contribution in [1.82, 2.24) is 0 Å². The van der Waals surface area contributed by atoms with Crippen LogP contribution in [0.4, 0.5) is 0 Å². The van der Waals surface area contributed by atoms with Crippen LogP contribution in [-0.4, -0.2) is 17.7 Å². The van der Waals surface area contributed by atoms with Gasteiger partial charge in [-0.2, -0.15) is 0 Å². The number of carbonyl (C=O) groups excluding carboxylic acids is 3. The van der Waals surface area contributed by atoms with Crippen LogP contribution in [0, 0.1) is 0 Å². The van der Waals surface area contributed by atoms with Crippen LogP contribution in [-0.2, 0) is 14.4 Å². The molecule has 3 aromatic carbocycles. The predicted molar refractivity (Wildman–Crippen MR) is 134 cm³/mol. The van der Waals surface area contributed by atoms with Crippen molar-refractivity contribution >= 4 is 35.9 Å². The third-order valence-corrected chi connectivity index (χ3v) is 3.72. The lowest BCUT2D eigenvalue weighted by Gasteiger charge is -1.88. The van der Waals surface area contributed by atoms with Crippen molar-refractivity contribution in [2.24, 2.45) is 17.2 Å². The summed E-state index contributed by atoms with van der Waals surface area (Å²) in [5, 5.41) is 0. The van der Waals surface area contributed by atoms with E-state index in [-0.39, 0.29) is 0 Å². The average molecular weight is 442 g/mol. The summed E-state index contributed by atoms with van der Waals surface area (Å²) in [6, 6.07) is 28.6. The van der Waals surface area contributed by atoms with Gasteiger partial charge in [-0.3, -0.25) is 14.4 Å². The van der Waals surface area contributed by atoms with Crippen LogP contribution >= 0.6 is 0 Å². The molecule has 0 aliphatic heterocycles. The van der Waals surface area contributed by atoms with Crippen molar-refractivity contribution in [2.75, 3.05) is 0 Å². The molecule has 0 saturated carbocycles. The van der Waals surface area contributed by atoms with E-state index >= 15 is 0 Å². The number of carbonyl (C=O) groups is 3. The molecule has 3 aromatic rings. The SMILES string of the molecule is NC(=O)/C=C/c1ccccc1.NC(=O)/C=C/c1ccccc1.NC(=O)/C=C/c1ccccc1. The number of benzene rings is 3. The molecule has 0 bridgehead atoms. The summed E-state index contributed by atoms with van der Waals surface area (Å²) in [7, 11) is 0. The van der Waals surface area contributed by atoms with Gasteiger partial charge in [0.05, 0.1) is 0 Å².